The SMILES string of the molecule is O=c1c(NCCN2CCOCC2)nc2ccc(-c3ccc(F)cc3)nc2n1CC1CCOCC1. The number of rotatable bonds is 7. The number of halogens is 1. The lowest BCUT2D eigenvalue weighted by Crippen LogP contribution is -2.39. The maximum Gasteiger partial charge on any atom is 0.294 e. The molecule has 0 atom stereocenters. The second-order valence-electron chi connectivity index (χ2n) is 8.86. The normalized spacial score (nSPS) is 17.8. The Kier molecular flexibility index (Phi) is 7.13. The van der Waals surface area contributed by atoms with Crippen LogP contribution in [0.25, 0.3) is 22.4 Å². The third kappa shape index (κ3) is 5.27. The van der Waals surface area contributed by atoms with E-state index in [2.05, 4.69) is 15.2 Å². The largest absolute Gasteiger partial charge is 0.381 e. The molecular formula is C25H30FN5O3. The summed E-state index contributed by atoms with van der Waals surface area (Å²) in [5.41, 5.74) is 2.52. The van der Waals surface area contributed by atoms with Crippen LogP contribution < -0.4 is 10.9 Å². The Bertz CT molecular complexity index is 1170. The standard InChI is InChI=1S/C25H30FN5O3/c26-20-3-1-19(2-4-20)21-5-6-22-24(29-21)31(17-18-7-13-33-14-8-18)25(32)23(28-22)27-9-10-30-11-15-34-16-12-30/h1-6,18H,7-17H2,(H,27,28). The van der Waals surface area contributed by atoms with Crippen molar-refractivity contribution in [3.8, 4) is 11.3 Å². The van der Waals surface area contributed by atoms with E-state index in [9.17, 15) is 9.18 Å². The van der Waals surface area contributed by atoms with Gasteiger partial charge in [0.1, 0.15) is 11.3 Å². The average Bonchev–Trinajstić information content (AvgIpc) is 2.88. The summed E-state index contributed by atoms with van der Waals surface area (Å²) in [6, 6.07) is 9.96. The number of nitrogens with zero attached hydrogens (tertiary/aromatic N) is 4. The minimum absolute atomic E-state index is 0.162. The van der Waals surface area contributed by atoms with E-state index >= 15 is 0 Å². The van der Waals surface area contributed by atoms with E-state index in [0.717, 1.165) is 51.3 Å². The van der Waals surface area contributed by atoms with Gasteiger partial charge >= 0.3 is 0 Å². The first-order valence-electron chi connectivity index (χ1n) is 12.0. The molecule has 2 aliphatic heterocycles. The number of morpholine rings is 1. The minimum atomic E-state index is -0.296. The van der Waals surface area contributed by atoms with Crippen molar-refractivity contribution in [3.05, 3.63) is 52.6 Å². The van der Waals surface area contributed by atoms with Crippen molar-refractivity contribution >= 4 is 17.0 Å². The third-order valence-corrected chi connectivity index (χ3v) is 6.54. The van der Waals surface area contributed by atoms with Gasteiger partial charge in [0.05, 0.1) is 18.9 Å². The number of nitrogens with one attached hydrogen (secondary N) is 1. The van der Waals surface area contributed by atoms with Crippen LogP contribution in [0.2, 0.25) is 0 Å². The second-order valence-corrected chi connectivity index (χ2v) is 8.86. The number of anilines is 1. The van der Waals surface area contributed by atoms with Gasteiger partial charge in [-0.05, 0) is 55.2 Å². The van der Waals surface area contributed by atoms with Gasteiger partial charge in [-0.1, -0.05) is 0 Å². The number of benzene rings is 1. The zero-order valence-electron chi connectivity index (χ0n) is 19.2. The van der Waals surface area contributed by atoms with Crippen molar-refractivity contribution in [1.29, 1.82) is 0 Å². The van der Waals surface area contributed by atoms with Crippen LogP contribution in [-0.4, -0.2) is 72.0 Å². The zero-order valence-corrected chi connectivity index (χ0v) is 19.2. The fourth-order valence-corrected chi connectivity index (χ4v) is 4.53. The van der Waals surface area contributed by atoms with Crippen LogP contribution >= 0.6 is 0 Å². The van der Waals surface area contributed by atoms with Crippen molar-refractivity contribution in [2.45, 2.75) is 19.4 Å². The Morgan fingerprint density at radius 3 is 2.47 bits per heavy atom. The fourth-order valence-electron chi connectivity index (χ4n) is 4.53. The number of aromatic nitrogens is 3. The molecule has 2 aliphatic rings. The molecule has 2 saturated heterocycles. The van der Waals surface area contributed by atoms with Crippen LogP contribution in [0, 0.1) is 11.7 Å². The van der Waals surface area contributed by atoms with Gasteiger partial charge in [-0.25, -0.2) is 14.4 Å². The van der Waals surface area contributed by atoms with Gasteiger partial charge in [-0.2, -0.15) is 0 Å². The molecule has 0 amide bonds. The van der Waals surface area contributed by atoms with E-state index in [1.165, 1.54) is 12.1 Å². The highest BCUT2D eigenvalue weighted by molar-refractivity contribution is 5.76. The first kappa shape index (κ1) is 22.9. The van der Waals surface area contributed by atoms with Gasteiger partial charge in [0.25, 0.3) is 5.56 Å². The summed E-state index contributed by atoms with van der Waals surface area (Å²) in [7, 11) is 0. The summed E-state index contributed by atoms with van der Waals surface area (Å²) in [5, 5.41) is 3.26. The molecule has 1 N–H and O–H groups in total. The predicted octanol–water partition coefficient (Wildman–Crippen LogP) is 2.77. The second kappa shape index (κ2) is 10.6. The number of hydrogen-bond acceptors (Lipinski definition) is 7. The quantitative estimate of drug-likeness (QED) is 0.572. The molecule has 180 valence electrons. The van der Waals surface area contributed by atoms with Crippen LogP contribution in [0.15, 0.2) is 41.2 Å². The van der Waals surface area contributed by atoms with E-state index < -0.39 is 0 Å². The first-order valence-corrected chi connectivity index (χ1v) is 12.0. The van der Waals surface area contributed by atoms with Crippen molar-refractivity contribution in [1.82, 2.24) is 19.4 Å². The third-order valence-electron chi connectivity index (χ3n) is 6.54. The molecule has 2 aromatic heterocycles. The highest BCUT2D eigenvalue weighted by atomic mass is 19.1. The molecule has 0 saturated carbocycles. The Morgan fingerprint density at radius 1 is 0.971 bits per heavy atom. The molecule has 9 heteroatoms. The van der Waals surface area contributed by atoms with Crippen molar-refractivity contribution in [2.24, 2.45) is 5.92 Å². The molecule has 0 radical (unpaired) electrons. The Hall–Kier alpha value is -2.88. The molecule has 0 aliphatic carbocycles. The van der Waals surface area contributed by atoms with E-state index in [1.807, 2.05) is 12.1 Å². The molecule has 0 unspecified atom stereocenters. The molecule has 0 spiro atoms. The number of fused-ring (bicyclic) bond motifs is 1. The summed E-state index contributed by atoms with van der Waals surface area (Å²) >= 11 is 0. The van der Waals surface area contributed by atoms with Gasteiger partial charge in [-0.3, -0.25) is 14.3 Å². The van der Waals surface area contributed by atoms with Gasteiger partial charge in [0, 0.05) is 51.5 Å². The molecule has 0 bridgehead atoms. The van der Waals surface area contributed by atoms with Crippen molar-refractivity contribution < 1.29 is 13.9 Å². The Morgan fingerprint density at radius 2 is 1.71 bits per heavy atom. The van der Waals surface area contributed by atoms with Gasteiger partial charge in [0.15, 0.2) is 11.5 Å². The minimum Gasteiger partial charge on any atom is -0.381 e. The first-order chi connectivity index (χ1) is 16.7. The smallest absolute Gasteiger partial charge is 0.294 e. The Labute approximate surface area is 197 Å². The summed E-state index contributed by atoms with van der Waals surface area (Å²) in [4.78, 5) is 25.2. The predicted molar refractivity (Wildman–Crippen MR) is 128 cm³/mol. The molecule has 1 aromatic carbocycles. The molecule has 3 aromatic rings. The molecule has 5 rings (SSSR count). The topological polar surface area (TPSA) is 81.5 Å². The fraction of sp³-hybridized carbons (Fsp3) is 0.480. The summed E-state index contributed by atoms with van der Waals surface area (Å²) in [6.07, 6.45) is 1.82. The van der Waals surface area contributed by atoms with Crippen LogP contribution in [0.4, 0.5) is 10.2 Å². The number of pyridine rings is 1. The lowest BCUT2D eigenvalue weighted by molar-refractivity contribution is 0.0398. The van der Waals surface area contributed by atoms with Crippen LogP contribution in [0.3, 0.4) is 0 Å². The molecular weight excluding hydrogens is 437 g/mol. The van der Waals surface area contributed by atoms with E-state index in [-0.39, 0.29) is 11.4 Å². The summed E-state index contributed by atoms with van der Waals surface area (Å²) in [5.74, 6) is 0.397. The number of ether oxygens (including phenoxy) is 2. The zero-order chi connectivity index (χ0) is 23.3. The lowest BCUT2D eigenvalue weighted by Gasteiger charge is -2.26. The van der Waals surface area contributed by atoms with Gasteiger partial charge in [0.2, 0.25) is 0 Å². The molecule has 2 fully saturated rings. The molecule has 8 nitrogen and oxygen atoms in total. The van der Waals surface area contributed by atoms with Crippen LogP contribution in [0.1, 0.15) is 12.8 Å². The van der Waals surface area contributed by atoms with Crippen LogP contribution in [0.5, 0.6) is 0 Å². The van der Waals surface area contributed by atoms with E-state index in [0.29, 0.717) is 54.9 Å². The summed E-state index contributed by atoms with van der Waals surface area (Å²) < 4.78 is 26.1. The van der Waals surface area contributed by atoms with Crippen LogP contribution in [-0.2, 0) is 16.0 Å². The monoisotopic (exact) mass is 467 g/mol. The average molecular weight is 468 g/mol. The van der Waals surface area contributed by atoms with E-state index in [1.54, 1.807) is 16.7 Å². The Balaban J connectivity index is 1.46. The lowest BCUT2D eigenvalue weighted by atomic mass is 10.0. The van der Waals surface area contributed by atoms with Gasteiger partial charge < -0.3 is 14.8 Å². The molecule has 4 heterocycles. The van der Waals surface area contributed by atoms with E-state index in [4.69, 9.17) is 14.5 Å². The highest BCUT2D eigenvalue weighted by Crippen LogP contribution is 2.23. The van der Waals surface area contributed by atoms with Crippen molar-refractivity contribution in [2.75, 3.05) is 57.9 Å². The highest BCUT2D eigenvalue weighted by Gasteiger charge is 2.20. The maximum atomic E-state index is 13.5. The van der Waals surface area contributed by atoms with Gasteiger partial charge in [-0.15, -0.1) is 0 Å². The molecule has 34 heavy (non-hydrogen) atoms. The maximum absolute atomic E-state index is 13.5. The summed E-state index contributed by atoms with van der Waals surface area (Å²) in [6.45, 7) is 6.73. The van der Waals surface area contributed by atoms with Crippen molar-refractivity contribution in [3.63, 3.8) is 0 Å². The number of hydrogen-bond donors (Lipinski definition) is 1.